The van der Waals surface area contributed by atoms with Gasteiger partial charge in [0.1, 0.15) is 11.6 Å². The van der Waals surface area contributed by atoms with Crippen molar-refractivity contribution in [3.63, 3.8) is 0 Å². The predicted octanol–water partition coefficient (Wildman–Crippen LogP) is 1.27. The molecule has 1 N–H and O–H groups in total. The van der Waals surface area contributed by atoms with E-state index in [9.17, 15) is 14.0 Å². The van der Waals surface area contributed by atoms with Crippen molar-refractivity contribution < 1.29 is 13.9 Å². The lowest BCUT2D eigenvalue weighted by Gasteiger charge is -2.15. The van der Waals surface area contributed by atoms with Crippen LogP contribution in [0.2, 0.25) is 0 Å². The van der Waals surface area contributed by atoms with Crippen LogP contribution in [0, 0.1) is 12.7 Å². The molecule has 1 atom stereocenters. The van der Waals surface area contributed by atoms with E-state index in [1.807, 2.05) is 0 Å². The van der Waals surface area contributed by atoms with Gasteiger partial charge in [-0.25, -0.2) is 9.37 Å². The molecule has 0 aliphatic heterocycles. The maximum absolute atomic E-state index is 12.8. The van der Waals surface area contributed by atoms with E-state index in [0.717, 1.165) is 0 Å². The van der Waals surface area contributed by atoms with Crippen LogP contribution in [0.1, 0.15) is 12.5 Å². The molecule has 6 nitrogen and oxygen atoms in total. The lowest BCUT2D eigenvalue weighted by molar-refractivity contribution is -0.127. The van der Waals surface area contributed by atoms with Gasteiger partial charge in [-0.15, -0.1) is 0 Å². The molecule has 122 valence electrons. The van der Waals surface area contributed by atoms with Gasteiger partial charge >= 0.3 is 0 Å². The van der Waals surface area contributed by atoms with Crippen LogP contribution >= 0.6 is 0 Å². The van der Waals surface area contributed by atoms with Crippen LogP contribution in [0.5, 0.6) is 5.75 Å². The lowest BCUT2D eigenvalue weighted by Crippen LogP contribution is -2.39. The second-order valence-corrected chi connectivity index (χ2v) is 5.08. The summed E-state index contributed by atoms with van der Waals surface area (Å²) < 4.78 is 19.7. The molecule has 0 saturated carbocycles. The minimum Gasteiger partial charge on any atom is -0.481 e. The maximum atomic E-state index is 12.8. The molecule has 1 aromatic carbocycles. The first kappa shape index (κ1) is 16.7. The molecule has 7 heteroatoms. The van der Waals surface area contributed by atoms with Gasteiger partial charge in [-0.1, -0.05) is 0 Å². The van der Waals surface area contributed by atoms with E-state index >= 15 is 0 Å². The van der Waals surface area contributed by atoms with E-state index in [0.29, 0.717) is 17.9 Å². The number of rotatable bonds is 6. The van der Waals surface area contributed by atoms with E-state index < -0.39 is 6.10 Å². The quantitative estimate of drug-likeness (QED) is 0.870. The van der Waals surface area contributed by atoms with Gasteiger partial charge < -0.3 is 10.1 Å². The van der Waals surface area contributed by atoms with Crippen LogP contribution in [0.3, 0.4) is 0 Å². The van der Waals surface area contributed by atoms with Crippen LogP contribution in [0.25, 0.3) is 0 Å². The summed E-state index contributed by atoms with van der Waals surface area (Å²) in [5, 5.41) is 2.68. The van der Waals surface area contributed by atoms with Gasteiger partial charge in [0.2, 0.25) is 0 Å². The zero-order valence-electron chi connectivity index (χ0n) is 13.0. The first-order chi connectivity index (χ1) is 11.0. The first-order valence-electron chi connectivity index (χ1n) is 7.18. The normalized spacial score (nSPS) is 11.8. The van der Waals surface area contributed by atoms with Gasteiger partial charge in [-0.05, 0) is 38.1 Å². The third-order valence-corrected chi connectivity index (χ3v) is 3.22. The Balaban J connectivity index is 1.83. The number of aromatic nitrogens is 2. The SMILES string of the molecule is Cc1cncn(CCNC(=O)C(C)Oc2ccc(F)cc2)c1=O. The fourth-order valence-electron chi connectivity index (χ4n) is 1.93. The van der Waals surface area contributed by atoms with Gasteiger partial charge in [0.25, 0.3) is 11.5 Å². The summed E-state index contributed by atoms with van der Waals surface area (Å²) in [4.78, 5) is 27.7. The van der Waals surface area contributed by atoms with Gasteiger partial charge in [0.05, 0.1) is 6.33 Å². The average molecular weight is 319 g/mol. The summed E-state index contributed by atoms with van der Waals surface area (Å²) in [6.07, 6.45) is 2.20. The third kappa shape index (κ3) is 4.64. The van der Waals surface area contributed by atoms with Crippen molar-refractivity contribution in [2.24, 2.45) is 0 Å². The van der Waals surface area contributed by atoms with Gasteiger partial charge in [0.15, 0.2) is 6.10 Å². The molecule has 0 radical (unpaired) electrons. The highest BCUT2D eigenvalue weighted by Gasteiger charge is 2.14. The number of benzene rings is 1. The summed E-state index contributed by atoms with van der Waals surface area (Å²) in [6, 6.07) is 5.43. The zero-order valence-corrected chi connectivity index (χ0v) is 13.0. The molecule has 0 aliphatic carbocycles. The standard InChI is InChI=1S/C16H18FN3O3/c1-11-9-18-10-20(16(11)22)8-7-19-15(21)12(2)23-14-5-3-13(17)4-6-14/h3-6,9-10,12H,7-8H2,1-2H3,(H,19,21). The van der Waals surface area contributed by atoms with Gasteiger partial charge in [-0.2, -0.15) is 0 Å². The molecule has 1 unspecified atom stereocenters. The number of halogens is 1. The van der Waals surface area contributed by atoms with Crippen LogP contribution in [-0.4, -0.2) is 28.1 Å². The Labute approximate surface area is 132 Å². The molecule has 1 heterocycles. The lowest BCUT2D eigenvalue weighted by atomic mass is 10.3. The Morgan fingerprint density at radius 1 is 1.39 bits per heavy atom. The van der Waals surface area contributed by atoms with E-state index in [1.165, 1.54) is 41.4 Å². The van der Waals surface area contributed by atoms with Crippen molar-refractivity contribution in [3.05, 3.63) is 58.5 Å². The first-order valence-corrected chi connectivity index (χ1v) is 7.18. The number of nitrogens with one attached hydrogen (secondary N) is 1. The summed E-state index contributed by atoms with van der Waals surface area (Å²) in [5.41, 5.74) is 0.414. The van der Waals surface area contributed by atoms with E-state index in [2.05, 4.69) is 10.3 Å². The van der Waals surface area contributed by atoms with Crippen molar-refractivity contribution in [1.82, 2.24) is 14.9 Å². The van der Waals surface area contributed by atoms with Crippen LogP contribution in [-0.2, 0) is 11.3 Å². The van der Waals surface area contributed by atoms with E-state index in [-0.39, 0.29) is 23.8 Å². The molecule has 2 aromatic rings. The Kier molecular flexibility index (Phi) is 5.46. The summed E-state index contributed by atoms with van der Waals surface area (Å²) >= 11 is 0. The second kappa shape index (κ2) is 7.53. The highest BCUT2D eigenvalue weighted by atomic mass is 19.1. The molecule has 1 amide bonds. The summed E-state index contributed by atoms with van der Waals surface area (Å²) in [5.74, 6) is -0.275. The molecule has 0 saturated heterocycles. The molecule has 0 aliphatic rings. The summed E-state index contributed by atoms with van der Waals surface area (Å²) in [7, 11) is 0. The largest absolute Gasteiger partial charge is 0.481 e. The number of carbonyl (C=O) groups excluding carboxylic acids is 1. The van der Waals surface area contributed by atoms with Crippen LogP contribution in [0.15, 0.2) is 41.6 Å². The van der Waals surface area contributed by atoms with Crippen molar-refractivity contribution in [2.75, 3.05) is 6.54 Å². The highest BCUT2D eigenvalue weighted by Crippen LogP contribution is 2.12. The molecule has 23 heavy (non-hydrogen) atoms. The van der Waals surface area contributed by atoms with Crippen molar-refractivity contribution in [1.29, 1.82) is 0 Å². The molecule has 0 spiro atoms. The number of amides is 1. The van der Waals surface area contributed by atoms with Crippen LogP contribution < -0.4 is 15.6 Å². The van der Waals surface area contributed by atoms with Gasteiger partial charge in [-0.3, -0.25) is 14.2 Å². The van der Waals surface area contributed by atoms with E-state index in [4.69, 9.17) is 4.74 Å². The molecule has 2 rings (SSSR count). The number of ether oxygens (including phenoxy) is 1. The smallest absolute Gasteiger partial charge is 0.260 e. The predicted molar refractivity (Wildman–Crippen MR) is 82.7 cm³/mol. The Bertz CT molecular complexity index is 728. The van der Waals surface area contributed by atoms with Crippen molar-refractivity contribution >= 4 is 5.91 Å². The second-order valence-electron chi connectivity index (χ2n) is 5.08. The molecule has 0 fully saturated rings. The topological polar surface area (TPSA) is 73.2 Å². The number of nitrogens with zero attached hydrogens (tertiary/aromatic N) is 2. The molecular formula is C16H18FN3O3. The fraction of sp³-hybridized carbons (Fsp3) is 0.312. The van der Waals surface area contributed by atoms with Crippen molar-refractivity contribution in [2.45, 2.75) is 26.5 Å². The number of aryl methyl sites for hydroxylation is 1. The minimum atomic E-state index is -0.729. The van der Waals surface area contributed by atoms with Crippen molar-refractivity contribution in [3.8, 4) is 5.75 Å². The zero-order chi connectivity index (χ0) is 16.8. The molecule has 0 bridgehead atoms. The van der Waals surface area contributed by atoms with E-state index in [1.54, 1.807) is 13.8 Å². The average Bonchev–Trinajstić information content (AvgIpc) is 2.53. The number of hydrogen-bond donors (Lipinski definition) is 1. The monoisotopic (exact) mass is 319 g/mol. The third-order valence-electron chi connectivity index (χ3n) is 3.22. The number of carbonyl (C=O) groups is 1. The highest BCUT2D eigenvalue weighted by molar-refractivity contribution is 5.80. The molecular weight excluding hydrogens is 301 g/mol. The Morgan fingerprint density at radius 3 is 2.78 bits per heavy atom. The minimum absolute atomic E-state index is 0.134. The van der Waals surface area contributed by atoms with Crippen LogP contribution in [0.4, 0.5) is 4.39 Å². The Hall–Kier alpha value is -2.70. The maximum Gasteiger partial charge on any atom is 0.260 e. The summed E-state index contributed by atoms with van der Waals surface area (Å²) in [6.45, 7) is 3.88. The molecule has 1 aromatic heterocycles. The fourth-order valence-corrected chi connectivity index (χ4v) is 1.93. The van der Waals surface area contributed by atoms with Gasteiger partial charge in [0, 0.05) is 24.8 Å². The Morgan fingerprint density at radius 2 is 2.09 bits per heavy atom. The number of hydrogen-bond acceptors (Lipinski definition) is 4.